The number of carbonyl (C=O) groups is 1. The predicted octanol–water partition coefficient (Wildman–Crippen LogP) is 2.19. The van der Waals surface area contributed by atoms with Gasteiger partial charge in [-0.1, -0.05) is 23.7 Å². The van der Waals surface area contributed by atoms with E-state index in [0.717, 1.165) is 0 Å². The van der Waals surface area contributed by atoms with E-state index in [1.54, 1.807) is 38.1 Å². The topological polar surface area (TPSA) is 53.9 Å². The smallest absolute Gasteiger partial charge is 0.375 e. The van der Waals surface area contributed by atoms with E-state index in [-0.39, 0.29) is 5.84 Å². The van der Waals surface area contributed by atoms with Crippen molar-refractivity contribution in [2.24, 2.45) is 5.10 Å². The third kappa shape index (κ3) is 3.92. The molecule has 0 radical (unpaired) electrons. The molecule has 0 aliphatic rings. The van der Waals surface area contributed by atoms with Crippen molar-refractivity contribution in [2.45, 2.75) is 6.92 Å². The summed E-state index contributed by atoms with van der Waals surface area (Å²) in [5.41, 5.74) is 3.37. The minimum Gasteiger partial charge on any atom is -0.460 e. The van der Waals surface area contributed by atoms with Crippen LogP contribution in [0.4, 0.5) is 5.69 Å². The van der Waals surface area contributed by atoms with E-state index in [4.69, 9.17) is 16.3 Å². The minimum atomic E-state index is -0.484. The van der Waals surface area contributed by atoms with E-state index in [1.807, 2.05) is 12.1 Å². The Balaban J connectivity index is 2.84. The second-order valence-electron chi connectivity index (χ2n) is 3.64. The summed E-state index contributed by atoms with van der Waals surface area (Å²) in [6.07, 6.45) is 0. The molecule has 0 aliphatic carbocycles. The number of amidine groups is 1. The molecule has 1 rings (SSSR count). The lowest BCUT2D eigenvalue weighted by molar-refractivity contribution is -0.135. The zero-order valence-electron chi connectivity index (χ0n) is 10.6. The minimum absolute atomic E-state index is 0.178. The van der Waals surface area contributed by atoms with Crippen LogP contribution >= 0.6 is 11.6 Å². The molecule has 0 amide bonds. The number of anilines is 1. The second kappa shape index (κ2) is 6.86. The largest absolute Gasteiger partial charge is 0.460 e. The zero-order valence-corrected chi connectivity index (χ0v) is 11.4. The van der Waals surface area contributed by atoms with Gasteiger partial charge in [-0.25, -0.2) is 4.79 Å². The van der Waals surface area contributed by atoms with Gasteiger partial charge in [-0.2, -0.15) is 0 Å². The van der Waals surface area contributed by atoms with Crippen LogP contribution < -0.4 is 5.43 Å². The number of esters is 1. The number of halogens is 1. The maximum absolute atomic E-state index is 11.6. The van der Waals surface area contributed by atoms with Crippen LogP contribution in [0.15, 0.2) is 29.4 Å². The Hall–Kier alpha value is -1.75. The van der Waals surface area contributed by atoms with E-state index in [9.17, 15) is 4.79 Å². The summed E-state index contributed by atoms with van der Waals surface area (Å²) in [6, 6.07) is 7.14. The number of likely N-dealkylation sites (N-methyl/N-ethyl adjacent to an activating group) is 1. The molecule has 0 atom stereocenters. The molecular formula is C12H16ClN3O2. The molecule has 0 spiro atoms. The molecule has 98 valence electrons. The maximum Gasteiger partial charge on any atom is 0.375 e. The predicted molar refractivity (Wildman–Crippen MR) is 72.8 cm³/mol. The number of hydrogen-bond acceptors (Lipinski definition) is 4. The van der Waals surface area contributed by atoms with Crippen LogP contribution in [-0.4, -0.2) is 37.4 Å². The Bertz CT molecular complexity index is 447. The Morgan fingerprint density at radius 2 is 2.11 bits per heavy atom. The molecule has 0 aliphatic heterocycles. The van der Waals surface area contributed by atoms with Crippen LogP contribution in [-0.2, 0) is 9.53 Å². The average Bonchev–Trinajstić information content (AvgIpc) is 2.31. The second-order valence-corrected chi connectivity index (χ2v) is 4.05. The standard InChI is InChI=1S/C12H16ClN3O2/c1-4-18-12(17)11(16(2)3)15-14-10-8-6-5-7-9(10)13/h5-8,14H,4H2,1-3H3/b15-11+. The van der Waals surface area contributed by atoms with Crippen LogP contribution in [0.3, 0.4) is 0 Å². The Labute approximate surface area is 111 Å². The number of hydrazone groups is 1. The summed E-state index contributed by atoms with van der Waals surface area (Å²) in [4.78, 5) is 13.2. The van der Waals surface area contributed by atoms with Crippen molar-refractivity contribution in [1.29, 1.82) is 0 Å². The molecule has 6 heteroatoms. The fourth-order valence-electron chi connectivity index (χ4n) is 1.19. The van der Waals surface area contributed by atoms with Crippen molar-refractivity contribution in [3.05, 3.63) is 29.3 Å². The van der Waals surface area contributed by atoms with Gasteiger partial charge in [0.25, 0.3) is 0 Å². The van der Waals surface area contributed by atoms with Crippen molar-refractivity contribution >= 4 is 29.1 Å². The van der Waals surface area contributed by atoms with Gasteiger partial charge in [-0.05, 0) is 19.1 Å². The normalized spacial score (nSPS) is 11.0. The third-order valence-electron chi connectivity index (χ3n) is 2.04. The molecule has 0 heterocycles. The third-order valence-corrected chi connectivity index (χ3v) is 2.37. The molecule has 0 unspecified atom stereocenters. The molecule has 1 aromatic carbocycles. The SMILES string of the molecule is CCOC(=O)/C(=N\Nc1ccccc1Cl)N(C)C. The number of carbonyl (C=O) groups excluding carboxylic acids is 1. The van der Waals surface area contributed by atoms with Crippen molar-refractivity contribution in [3.63, 3.8) is 0 Å². The number of rotatable bonds is 3. The molecule has 0 bridgehead atoms. The molecule has 0 aromatic heterocycles. The van der Waals surface area contributed by atoms with Crippen LogP contribution in [0, 0.1) is 0 Å². The summed E-state index contributed by atoms with van der Waals surface area (Å²) in [6.45, 7) is 2.05. The number of hydrogen-bond donors (Lipinski definition) is 1. The van der Waals surface area contributed by atoms with Gasteiger partial charge in [-0.15, -0.1) is 5.10 Å². The number of nitrogens with zero attached hydrogens (tertiary/aromatic N) is 2. The Kier molecular flexibility index (Phi) is 5.45. The number of ether oxygens (including phenoxy) is 1. The first-order chi connectivity index (χ1) is 8.56. The van der Waals surface area contributed by atoms with Crippen molar-refractivity contribution in [1.82, 2.24) is 4.90 Å². The van der Waals surface area contributed by atoms with E-state index >= 15 is 0 Å². The van der Waals surface area contributed by atoms with Gasteiger partial charge < -0.3 is 9.64 Å². The highest BCUT2D eigenvalue weighted by molar-refractivity contribution is 6.35. The molecule has 0 saturated heterocycles. The Morgan fingerprint density at radius 3 is 2.67 bits per heavy atom. The van der Waals surface area contributed by atoms with E-state index < -0.39 is 5.97 Å². The van der Waals surface area contributed by atoms with Gasteiger partial charge >= 0.3 is 5.97 Å². The lowest BCUT2D eigenvalue weighted by Gasteiger charge is -2.14. The number of nitrogens with one attached hydrogen (secondary N) is 1. The summed E-state index contributed by atoms with van der Waals surface area (Å²) in [5.74, 6) is -0.307. The number of benzene rings is 1. The van der Waals surface area contributed by atoms with Gasteiger partial charge in [0.15, 0.2) is 0 Å². The lowest BCUT2D eigenvalue weighted by atomic mass is 10.3. The van der Waals surface area contributed by atoms with E-state index in [0.29, 0.717) is 17.3 Å². The lowest BCUT2D eigenvalue weighted by Crippen LogP contribution is -2.32. The molecular weight excluding hydrogens is 254 g/mol. The molecule has 1 N–H and O–H groups in total. The summed E-state index contributed by atoms with van der Waals surface area (Å²) >= 11 is 5.97. The highest BCUT2D eigenvalue weighted by atomic mass is 35.5. The van der Waals surface area contributed by atoms with E-state index in [1.165, 1.54) is 0 Å². The average molecular weight is 270 g/mol. The van der Waals surface area contributed by atoms with Gasteiger partial charge in [0.2, 0.25) is 5.84 Å². The van der Waals surface area contributed by atoms with Crippen molar-refractivity contribution < 1.29 is 9.53 Å². The monoisotopic (exact) mass is 269 g/mol. The van der Waals surface area contributed by atoms with Gasteiger partial charge in [0.05, 0.1) is 17.3 Å². The fraction of sp³-hybridized carbons (Fsp3) is 0.333. The molecule has 1 aromatic rings. The first-order valence-electron chi connectivity index (χ1n) is 5.49. The highest BCUT2D eigenvalue weighted by Crippen LogP contribution is 2.20. The molecule has 0 fully saturated rings. The van der Waals surface area contributed by atoms with Crippen molar-refractivity contribution in [2.75, 3.05) is 26.1 Å². The van der Waals surface area contributed by atoms with Crippen molar-refractivity contribution in [3.8, 4) is 0 Å². The number of para-hydroxylation sites is 1. The first kappa shape index (κ1) is 14.3. The summed E-state index contributed by atoms with van der Waals surface area (Å²) in [5, 5.41) is 4.54. The first-order valence-corrected chi connectivity index (χ1v) is 5.86. The van der Waals surface area contributed by atoms with Crippen LogP contribution in [0.5, 0.6) is 0 Å². The molecule has 18 heavy (non-hydrogen) atoms. The molecule has 0 saturated carbocycles. The van der Waals surface area contributed by atoms with E-state index in [2.05, 4.69) is 10.5 Å². The van der Waals surface area contributed by atoms with Gasteiger partial charge in [-0.3, -0.25) is 5.43 Å². The van der Waals surface area contributed by atoms with Gasteiger partial charge in [0.1, 0.15) is 0 Å². The van der Waals surface area contributed by atoms with Crippen LogP contribution in [0.1, 0.15) is 6.92 Å². The summed E-state index contributed by atoms with van der Waals surface area (Å²) in [7, 11) is 3.42. The Morgan fingerprint density at radius 1 is 1.44 bits per heavy atom. The quantitative estimate of drug-likeness (QED) is 0.396. The fourth-order valence-corrected chi connectivity index (χ4v) is 1.37. The van der Waals surface area contributed by atoms with Gasteiger partial charge in [0, 0.05) is 14.1 Å². The highest BCUT2D eigenvalue weighted by Gasteiger charge is 2.15. The van der Waals surface area contributed by atoms with Crippen LogP contribution in [0.25, 0.3) is 0 Å². The van der Waals surface area contributed by atoms with Crippen LogP contribution in [0.2, 0.25) is 5.02 Å². The summed E-state index contributed by atoms with van der Waals surface area (Å²) < 4.78 is 4.90. The zero-order chi connectivity index (χ0) is 13.5. The molecule has 5 nitrogen and oxygen atoms in total. The maximum atomic E-state index is 11.6.